The summed E-state index contributed by atoms with van der Waals surface area (Å²) in [6.45, 7) is 9.27. The monoisotopic (exact) mass is 381 g/mol. The summed E-state index contributed by atoms with van der Waals surface area (Å²) < 4.78 is 0. The zero-order chi connectivity index (χ0) is 20.2. The fraction of sp³-hybridized carbons (Fsp3) is 1.00. The second-order valence-corrected chi connectivity index (χ2v) is 9.25. The van der Waals surface area contributed by atoms with Gasteiger partial charge in [-0.25, -0.2) is 0 Å². The number of hydrogen-bond donors (Lipinski definition) is 1. The summed E-state index contributed by atoms with van der Waals surface area (Å²) in [6, 6.07) is 0. The summed E-state index contributed by atoms with van der Waals surface area (Å²) in [4.78, 5) is 0. The van der Waals surface area contributed by atoms with E-state index in [2.05, 4.69) is 27.7 Å². The zero-order valence-corrected chi connectivity index (χ0v) is 19.8. The molecule has 0 aliphatic carbocycles. The van der Waals surface area contributed by atoms with Crippen LogP contribution in [-0.4, -0.2) is 5.54 Å². The van der Waals surface area contributed by atoms with E-state index < -0.39 is 0 Å². The normalized spacial score (nSPS) is 13.2. The fourth-order valence-corrected chi connectivity index (χ4v) is 4.71. The Bertz CT molecular complexity index is 272. The molecule has 0 aromatic carbocycles. The summed E-state index contributed by atoms with van der Waals surface area (Å²) in [5, 5.41) is 0. The van der Waals surface area contributed by atoms with Gasteiger partial charge in [-0.05, 0) is 31.6 Å². The first-order valence-electron chi connectivity index (χ1n) is 12.9. The lowest BCUT2D eigenvalue weighted by molar-refractivity contribution is 0.192. The van der Waals surface area contributed by atoms with Gasteiger partial charge in [-0.2, -0.15) is 0 Å². The van der Waals surface area contributed by atoms with Crippen molar-refractivity contribution in [2.45, 2.75) is 162 Å². The van der Waals surface area contributed by atoms with Crippen molar-refractivity contribution in [3.8, 4) is 0 Å². The number of nitrogens with two attached hydrogens (primary N) is 1. The van der Waals surface area contributed by atoms with Crippen LogP contribution in [0.5, 0.6) is 0 Å². The van der Waals surface area contributed by atoms with Crippen LogP contribution in [0.15, 0.2) is 0 Å². The maximum atomic E-state index is 7.20. The van der Waals surface area contributed by atoms with Crippen molar-refractivity contribution in [2.75, 3.05) is 0 Å². The van der Waals surface area contributed by atoms with Crippen molar-refractivity contribution in [3.63, 3.8) is 0 Å². The minimum absolute atomic E-state index is 0.110. The van der Waals surface area contributed by atoms with Gasteiger partial charge in [-0.3, -0.25) is 0 Å². The van der Waals surface area contributed by atoms with E-state index in [0.717, 1.165) is 5.92 Å². The fourth-order valence-electron chi connectivity index (χ4n) is 4.71. The average Bonchev–Trinajstić information content (AvgIpc) is 2.66. The molecule has 0 saturated heterocycles. The van der Waals surface area contributed by atoms with Crippen LogP contribution in [-0.2, 0) is 0 Å². The molecule has 0 radical (unpaired) electrons. The first kappa shape index (κ1) is 27.0. The highest BCUT2D eigenvalue weighted by atomic mass is 14.8. The lowest BCUT2D eigenvalue weighted by atomic mass is 9.72. The van der Waals surface area contributed by atoms with Crippen LogP contribution in [0.4, 0.5) is 0 Å². The Balaban J connectivity index is 4.61. The van der Waals surface area contributed by atoms with Gasteiger partial charge in [0.05, 0.1) is 0 Å². The van der Waals surface area contributed by atoms with Crippen LogP contribution >= 0.6 is 0 Å². The van der Waals surface area contributed by atoms with Gasteiger partial charge in [0.1, 0.15) is 0 Å². The van der Waals surface area contributed by atoms with E-state index >= 15 is 0 Å². The highest BCUT2D eigenvalue weighted by Crippen LogP contribution is 2.34. The predicted octanol–water partition coefficient (Wildman–Crippen LogP) is 9.18. The Morgan fingerprint density at radius 3 is 1.30 bits per heavy atom. The zero-order valence-electron chi connectivity index (χ0n) is 19.8. The van der Waals surface area contributed by atoms with Crippen molar-refractivity contribution in [1.82, 2.24) is 0 Å². The molecule has 0 aliphatic rings. The highest BCUT2D eigenvalue weighted by Gasteiger charge is 2.32. The second kappa shape index (κ2) is 19.3. The maximum Gasteiger partial charge on any atom is 0.0182 e. The van der Waals surface area contributed by atoms with Gasteiger partial charge in [0.2, 0.25) is 0 Å². The molecule has 0 fully saturated rings. The Labute approximate surface area is 173 Å². The van der Waals surface area contributed by atoms with Gasteiger partial charge < -0.3 is 5.73 Å². The smallest absolute Gasteiger partial charge is 0.0182 e. The molecule has 2 N–H and O–H groups in total. The Hall–Kier alpha value is -0.0400. The van der Waals surface area contributed by atoms with Crippen molar-refractivity contribution < 1.29 is 0 Å². The topological polar surface area (TPSA) is 26.0 Å². The third-order valence-electron chi connectivity index (χ3n) is 6.60. The molecule has 0 rings (SSSR count). The second-order valence-electron chi connectivity index (χ2n) is 9.25. The Morgan fingerprint density at radius 1 is 0.481 bits per heavy atom. The summed E-state index contributed by atoms with van der Waals surface area (Å²) in [5.41, 5.74) is 7.31. The standard InChI is InChI=1S/C26H55N/c1-5-9-12-15-18-22-25(21-8-4)26(27,23-19-16-13-10-6-2)24-20-17-14-11-7-3/h25H,5-24,27H2,1-4H3. The minimum atomic E-state index is 0.110. The van der Waals surface area contributed by atoms with Gasteiger partial charge in [-0.15, -0.1) is 0 Å². The van der Waals surface area contributed by atoms with Crippen molar-refractivity contribution in [2.24, 2.45) is 11.7 Å². The van der Waals surface area contributed by atoms with Crippen LogP contribution in [0.1, 0.15) is 156 Å². The first-order valence-corrected chi connectivity index (χ1v) is 12.9. The molecule has 0 amide bonds. The number of hydrogen-bond acceptors (Lipinski definition) is 1. The van der Waals surface area contributed by atoms with Gasteiger partial charge in [0, 0.05) is 5.54 Å². The van der Waals surface area contributed by atoms with Crippen LogP contribution in [0.3, 0.4) is 0 Å². The molecular formula is C26H55N. The van der Waals surface area contributed by atoms with E-state index in [1.165, 1.54) is 128 Å². The summed E-state index contributed by atoms with van der Waals surface area (Å²) in [7, 11) is 0. The first-order chi connectivity index (χ1) is 13.1. The number of rotatable bonds is 21. The van der Waals surface area contributed by atoms with E-state index in [1.807, 2.05) is 0 Å². The van der Waals surface area contributed by atoms with Gasteiger partial charge in [0.25, 0.3) is 0 Å². The molecule has 0 aliphatic heterocycles. The van der Waals surface area contributed by atoms with Crippen LogP contribution in [0.2, 0.25) is 0 Å². The van der Waals surface area contributed by atoms with E-state index in [0.29, 0.717) is 0 Å². The summed E-state index contributed by atoms with van der Waals surface area (Å²) in [5.74, 6) is 0.751. The van der Waals surface area contributed by atoms with Crippen LogP contribution in [0.25, 0.3) is 0 Å². The van der Waals surface area contributed by atoms with Gasteiger partial charge in [-0.1, -0.05) is 130 Å². The molecule has 27 heavy (non-hydrogen) atoms. The molecule has 0 saturated carbocycles. The average molecular weight is 382 g/mol. The van der Waals surface area contributed by atoms with E-state index in [4.69, 9.17) is 5.73 Å². The van der Waals surface area contributed by atoms with E-state index in [-0.39, 0.29) is 5.54 Å². The lowest BCUT2D eigenvalue weighted by Gasteiger charge is -2.39. The SMILES string of the molecule is CCCCCCCC(CCC)C(N)(CCCCCCC)CCCCCCC. The molecule has 0 aromatic rings. The molecule has 1 unspecified atom stereocenters. The van der Waals surface area contributed by atoms with Crippen LogP contribution < -0.4 is 5.73 Å². The Kier molecular flexibility index (Phi) is 19.3. The van der Waals surface area contributed by atoms with E-state index in [1.54, 1.807) is 0 Å². The molecule has 0 bridgehead atoms. The molecule has 0 spiro atoms. The molecule has 164 valence electrons. The third kappa shape index (κ3) is 14.6. The molecule has 1 heteroatoms. The molecule has 0 heterocycles. The van der Waals surface area contributed by atoms with Crippen molar-refractivity contribution in [3.05, 3.63) is 0 Å². The van der Waals surface area contributed by atoms with Gasteiger partial charge >= 0.3 is 0 Å². The largest absolute Gasteiger partial charge is 0.325 e. The quantitative estimate of drug-likeness (QED) is 0.197. The van der Waals surface area contributed by atoms with Crippen LogP contribution in [0, 0.1) is 5.92 Å². The Morgan fingerprint density at radius 2 is 0.889 bits per heavy atom. The molecule has 1 nitrogen and oxygen atoms in total. The molecule has 0 aromatic heterocycles. The molecular weight excluding hydrogens is 326 g/mol. The number of unbranched alkanes of at least 4 members (excludes halogenated alkanes) is 12. The van der Waals surface area contributed by atoms with Gasteiger partial charge in [0.15, 0.2) is 0 Å². The van der Waals surface area contributed by atoms with Crippen molar-refractivity contribution >= 4 is 0 Å². The minimum Gasteiger partial charge on any atom is -0.325 e. The highest BCUT2D eigenvalue weighted by molar-refractivity contribution is 4.91. The summed E-state index contributed by atoms with van der Waals surface area (Å²) in [6.07, 6.45) is 27.3. The van der Waals surface area contributed by atoms with E-state index in [9.17, 15) is 0 Å². The maximum absolute atomic E-state index is 7.20. The van der Waals surface area contributed by atoms with Crippen molar-refractivity contribution in [1.29, 1.82) is 0 Å². The third-order valence-corrected chi connectivity index (χ3v) is 6.60. The predicted molar refractivity (Wildman–Crippen MR) is 125 cm³/mol. The molecule has 1 atom stereocenters. The lowest BCUT2D eigenvalue weighted by Crippen LogP contribution is -2.47. The summed E-state index contributed by atoms with van der Waals surface area (Å²) >= 11 is 0.